The van der Waals surface area contributed by atoms with Crippen LogP contribution >= 0.6 is 0 Å². The van der Waals surface area contributed by atoms with Crippen molar-refractivity contribution < 1.29 is 9.53 Å². The predicted octanol–water partition coefficient (Wildman–Crippen LogP) is 2.99. The molecule has 1 saturated carbocycles. The van der Waals surface area contributed by atoms with E-state index in [0.29, 0.717) is 5.92 Å². The Bertz CT molecular complexity index is 517. The molecule has 0 unspecified atom stereocenters. The first-order valence-corrected chi connectivity index (χ1v) is 8.03. The van der Waals surface area contributed by atoms with Gasteiger partial charge in [0, 0.05) is 24.5 Å². The van der Waals surface area contributed by atoms with E-state index in [1.165, 1.54) is 0 Å². The van der Waals surface area contributed by atoms with Crippen molar-refractivity contribution in [1.29, 1.82) is 0 Å². The number of carbonyl (C=O) groups is 1. The summed E-state index contributed by atoms with van der Waals surface area (Å²) in [6.07, 6.45) is 2.17. The summed E-state index contributed by atoms with van der Waals surface area (Å²) in [5.74, 6) is 0.308. The number of amides is 2. The van der Waals surface area contributed by atoms with Crippen LogP contribution in [0, 0.1) is 25.2 Å². The number of aromatic amines is 1. The van der Waals surface area contributed by atoms with Gasteiger partial charge >= 0.3 is 6.03 Å². The molecule has 0 spiro atoms. The number of anilines is 1. The summed E-state index contributed by atoms with van der Waals surface area (Å²) in [6.45, 7) is 10.2. The molecule has 124 valence electrons. The van der Waals surface area contributed by atoms with Gasteiger partial charge in [-0.25, -0.2) is 4.79 Å². The van der Waals surface area contributed by atoms with Gasteiger partial charge < -0.3 is 15.4 Å². The fraction of sp³-hybridized carbons (Fsp3) is 0.750. The van der Waals surface area contributed by atoms with Crippen molar-refractivity contribution in [3.05, 3.63) is 11.4 Å². The highest BCUT2D eigenvalue weighted by atomic mass is 16.5. The van der Waals surface area contributed by atoms with E-state index < -0.39 is 0 Å². The smallest absolute Gasteiger partial charge is 0.319 e. The van der Waals surface area contributed by atoms with Gasteiger partial charge in [0.25, 0.3) is 0 Å². The molecule has 1 aromatic heterocycles. The lowest BCUT2D eigenvalue weighted by atomic mass is 9.53. The van der Waals surface area contributed by atoms with Crippen LogP contribution in [0.3, 0.4) is 0 Å². The molecule has 0 aliphatic heterocycles. The van der Waals surface area contributed by atoms with Crippen LogP contribution in [0.2, 0.25) is 0 Å². The topological polar surface area (TPSA) is 79.0 Å². The van der Waals surface area contributed by atoms with Gasteiger partial charge in [0.05, 0.1) is 23.2 Å². The molecule has 1 fully saturated rings. The fourth-order valence-electron chi connectivity index (χ4n) is 4.12. The van der Waals surface area contributed by atoms with Crippen molar-refractivity contribution in [1.82, 2.24) is 15.5 Å². The van der Waals surface area contributed by atoms with Crippen molar-refractivity contribution >= 4 is 11.7 Å². The Morgan fingerprint density at radius 1 is 1.36 bits per heavy atom. The Balaban J connectivity index is 2.08. The molecular formula is C16H28N4O2. The van der Waals surface area contributed by atoms with Crippen LogP contribution in [0.15, 0.2) is 0 Å². The normalized spacial score (nSPS) is 26.4. The van der Waals surface area contributed by atoms with E-state index in [1.54, 1.807) is 7.11 Å². The third-order valence-electron chi connectivity index (χ3n) is 5.41. The molecule has 0 radical (unpaired) electrons. The van der Waals surface area contributed by atoms with Crippen LogP contribution in [-0.2, 0) is 4.74 Å². The maximum atomic E-state index is 12.4. The molecule has 1 aliphatic rings. The van der Waals surface area contributed by atoms with Crippen LogP contribution in [-0.4, -0.2) is 35.5 Å². The van der Waals surface area contributed by atoms with Crippen LogP contribution in [0.25, 0.3) is 0 Å². The second kappa shape index (κ2) is 6.28. The highest BCUT2D eigenvalue weighted by Crippen LogP contribution is 2.52. The Labute approximate surface area is 132 Å². The summed E-state index contributed by atoms with van der Waals surface area (Å²) in [4.78, 5) is 12.4. The van der Waals surface area contributed by atoms with Crippen molar-refractivity contribution in [2.45, 2.75) is 59.6 Å². The van der Waals surface area contributed by atoms with Crippen LogP contribution in [0.4, 0.5) is 10.5 Å². The van der Waals surface area contributed by atoms with Crippen molar-refractivity contribution in [2.75, 3.05) is 12.4 Å². The van der Waals surface area contributed by atoms with E-state index in [0.717, 1.165) is 29.9 Å². The Kier molecular flexibility index (Phi) is 4.80. The van der Waals surface area contributed by atoms with E-state index in [-0.39, 0.29) is 23.6 Å². The number of rotatable bonds is 5. The summed E-state index contributed by atoms with van der Waals surface area (Å²) in [6, 6.07) is -0.0507. The average Bonchev–Trinajstić information content (AvgIpc) is 2.81. The molecule has 0 aromatic carbocycles. The number of nitrogens with zero attached hydrogens (tertiary/aromatic N) is 1. The maximum Gasteiger partial charge on any atom is 0.319 e. The van der Waals surface area contributed by atoms with E-state index in [2.05, 4.69) is 41.6 Å². The number of ether oxygens (including phenoxy) is 1. The molecule has 6 nitrogen and oxygen atoms in total. The first-order chi connectivity index (χ1) is 10.4. The van der Waals surface area contributed by atoms with Crippen LogP contribution in [0.1, 0.15) is 45.0 Å². The van der Waals surface area contributed by atoms with Gasteiger partial charge in [-0.2, -0.15) is 5.10 Å². The Morgan fingerprint density at radius 3 is 2.45 bits per heavy atom. The molecule has 22 heavy (non-hydrogen) atoms. The van der Waals surface area contributed by atoms with Gasteiger partial charge in [-0.05, 0) is 26.7 Å². The number of carbonyl (C=O) groups excluding carboxylic acids is 1. The van der Waals surface area contributed by atoms with Crippen LogP contribution in [0.5, 0.6) is 0 Å². The van der Waals surface area contributed by atoms with Gasteiger partial charge in [0.15, 0.2) is 0 Å². The number of aryl methyl sites for hydroxylation is 2. The maximum absolute atomic E-state index is 12.4. The lowest BCUT2D eigenvalue weighted by molar-refractivity contribution is -0.163. The standard InChI is InChI=1S/C16H28N4O2/c1-7-16(8-2)13(9(3)14(16)22-6)18-15(21)17-12-10(4)19-20-11(12)5/h9,13-14H,7-8H2,1-6H3,(H,19,20)(H2,17,18,21)/t9-,13+,14+/m0/s1. The molecule has 0 bridgehead atoms. The second-order valence-corrected chi connectivity index (χ2v) is 6.34. The summed E-state index contributed by atoms with van der Waals surface area (Å²) >= 11 is 0. The monoisotopic (exact) mass is 308 g/mol. The quantitative estimate of drug-likeness (QED) is 0.782. The highest BCUT2D eigenvalue weighted by molar-refractivity contribution is 5.90. The molecule has 6 heteroatoms. The molecule has 1 aliphatic carbocycles. The summed E-state index contributed by atoms with van der Waals surface area (Å²) in [5.41, 5.74) is 2.43. The molecule has 2 rings (SSSR count). The predicted molar refractivity (Wildman–Crippen MR) is 87.0 cm³/mol. The van der Waals surface area contributed by atoms with Gasteiger partial charge in [-0.1, -0.05) is 20.8 Å². The first-order valence-electron chi connectivity index (χ1n) is 8.03. The zero-order chi connectivity index (χ0) is 16.5. The molecule has 3 N–H and O–H groups in total. The number of hydrogen-bond donors (Lipinski definition) is 3. The summed E-state index contributed by atoms with van der Waals surface area (Å²) in [5, 5.41) is 13.0. The number of aromatic nitrogens is 2. The van der Waals surface area contributed by atoms with Gasteiger partial charge in [0.1, 0.15) is 0 Å². The van der Waals surface area contributed by atoms with Crippen molar-refractivity contribution in [3.63, 3.8) is 0 Å². The first kappa shape index (κ1) is 16.8. The zero-order valence-corrected chi connectivity index (χ0v) is 14.4. The fourth-order valence-corrected chi connectivity index (χ4v) is 4.12. The van der Waals surface area contributed by atoms with Crippen LogP contribution < -0.4 is 10.6 Å². The second-order valence-electron chi connectivity index (χ2n) is 6.34. The number of nitrogens with one attached hydrogen (secondary N) is 3. The van der Waals surface area contributed by atoms with E-state index >= 15 is 0 Å². The lowest BCUT2D eigenvalue weighted by Crippen LogP contribution is -2.70. The van der Waals surface area contributed by atoms with E-state index in [1.807, 2.05) is 13.8 Å². The minimum absolute atomic E-state index is 0.0198. The zero-order valence-electron chi connectivity index (χ0n) is 14.4. The van der Waals surface area contributed by atoms with E-state index in [4.69, 9.17) is 4.74 Å². The minimum atomic E-state index is -0.176. The Morgan fingerprint density at radius 2 is 2.00 bits per heavy atom. The third kappa shape index (κ3) is 2.49. The molecule has 2 amide bonds. The molecule has 3 atom stereocenters. The minimum Gasteiger partial charge on any atom is -0.380 e. The van der Waals surface area contributed by atoms with Crippen molar-refractivity contribution in [3.8, 4) is 0 Å². The Hall–Kier alpha value is -1.56. The van der Waals surface area contributed by atoms with Gasteiger partial charge in [-0.15, -0.1) is 0 Å². The SMILES string of the molecule is CCC1(CC)[C@H](NC(=O)Nc2c(C)n[nH]c2C)[C@H](C)[C@H]1OC. The molecule has 1 heterocycles. The van der Waals surface area contributed by atoms with Gasteiger partial charge in [0.2, 0.25) is 0 Å². The number of hydrogen-bond acceptors (Lipinski definition) is 3. The molecular weight excluding hydrogens is 280 g/mol. The summed E-state index contributed by atoms with van der Waals surface area (Å²) < 4.78 is 5.67. The van der Waals surface area contributed by atoms with Crippen molar-refractivity contribution in [2.24, 2.45) is 11.3 Å². The number of H-pyrrole nitrogens is 1. The third-order valence-corrected chi connectivity index (χ3v) is 5.41. The molecule has 0 saturated heterocycles. The number of methoxy groups -OCH3 is 1. The van der Waals surface area contributed by atoms with E-state index in [9.17, 15) is 4.79 Å². The van der Waals surface area contributed by atoms with Gasteiger partial charge in [-0.3, -0.25) is 5.10 Å². The number of urea groups is 1. The largest absolute Gasteiger partial charge is 0.380 e. The summed E-state index contributed by atoms with van der Waals surface area (Å²) in [7, 11) is 1.76. The molecule has 1 aromatic rings. The average molecular weight is 308 g/mol. The highest BCUT2D eigenvalue weighted by Gasteiger charge is 2.58. The lowest BCUT2D eigenvalue weighted by Gasteiger charge is -2.59.